The van der Waals surface area contributed by atoms with Gasteiger partial charge in [-0.3, -0.25) is 4.79 Å². The van der Waals surface area contributed by atoms with Gasteiger partial charge in [-0.2, -0.15) is 5.26 Å². The molecule has 3 rings (SSSR count). The van der Waals surface area contributed by atoms with E-state index >= 15 is 0 Å². The number of aromatic amines is 1. The van der Waals surface area contributed by atoms with Gasteiger partial charge in [0.2, 0.25) is 5.56 Å². The Kier molecular flexibility index (Phi) is 3.30. The van der Waals surface area contributed by atoms with Crippen LogP contribution in [-0.2, 0) is 0 Å². The monoisotopic (exact) mass is 310 g/mol. The lowest BCUT2D eigenvalue weighted by Crippen LogP contribution is -2.64. The first-order chi connectivity index (χ1) is 10.7. The molecule has 0 saturated heterocycles. The van der Waals surface area contributed by atoms with E-state index in [1.165, 1.54) is 6.07 Å². The third kappa shape index (κ3) is 2.15. The second-order valence-corrected chi connectivity index (χ2v) is 7.70. The molecule has 2 aromatic rings. The topological polar surface area (TPSA) is 65.9 Å². The predicted molar refractivity (Wildman–Crippen MR) is 90.4 cm³/mol. The van der Waals surface area contributed by atoms with Gasteiger partial charge in [-0.1, -0.05) is 34.6 Å². The molecule has 1 heterocycles. The van der Waals surface area contributed by atoms with Crippen LogP contribution in [-0.4, -0.2) is 11.1 Å². The highest BCUT2D eigenvalue weighted by molar-refractivity contribution is 5.89. The zero-order valence-corrected chi connectivity index (χ0v) is 14.2. The fraction of sp³-hybridized carbons (Fsp3) is 0.474. The average molecular weight is 310 g/mol. The predicted octanol–water partition coefficient (Wildman–Crippen LogP) is 3.85. The lowest BCUT2D eigenvalue weighted by molar-refractivity contribution is -0.189. The number of ether oxygens (including phenoxy) is 1. The number of hydrogen-bond donors (Lipinski definition) is 1. The van der Waals surface area contributed by atoms with Crippen LogP contribution in [0.1, 0.15) is 40.2 Å². The van der Waals surface area contributed by atoms with E-state index in [9.17, 15) is 10.1 Å². The van der Waals surface area contributed by atoms with Gasteiger partial charge < -0.3 is 9.72 Å². The van der Waals surface area contributed by atoms with Gasteiger partial charge in [0.1, 0.15) is 17.9 Å². The van der Waals surface area contributed by atoms with Crippen LogP contribution in [0.2, 0.25) is 0 Å². The quantitative estimate of drug-likeness (QED) is 0.916. The molecule has 1 saturated carbocycles. The molecule has 120 valence electrons. The van der Waals surface area contributed by atoms with Gasteiger partial charge in [0, 0.05) is 22.3 Å². The van der Waals surface area contributed by atoms with E-state index in [4.69, 9.17) is 4.74 Å². The molecule has 1 aliphatic carbocycles. The van der Waals surface area contributed by atoms with Gasteiger partial charge in [0.25, 0.3) is 0 Å². The Morgan fingerprint density at radius 1 is 1.13 bits per heavy atom. The van der Waals surface area contributed by atoms with Crippen LogP contribution in [0.15, 0.2) is 29.1 Å². The summed E-state index contributed by atoms with van der Waals surface area (Å²) in [6.07, 6.45) is 0.0769. The number of nitriles is 1. The Bertz CT molecular complexity index is 855. The Morgan fingerprint density at radius 2 is 1.78 bits per heavy atom. The zero-order chi connectivity index (χ0) is 17.0. The summed E-state index contributed by atoms with van der Waals surface area (Å²) in [6.45, 7) is 11.2. The lowest BCUT2D eigenvalue weighted by Gasteiger charge is -2.62. The first-order valence-electron chi connectivity index (χ1n) is 7.92. The molecule has 0 bridgehead atoms. The molecule has 23 heavy (non-hydrogen) atoms. The lowest BCUT2D eigenvalue weighted by atomic mass is 9.46. The van der Waals surface area contributed by atoms with E-state index in [0.29, 0.717) is 22.7 Å². The molecule has 1 N–H and O–H groups in total. The molecule has 0 amide bonds. The van der Waals surface area contributed by atoms with E-state index in [0.717, 1.165) is 5.39 Å². The number of nitrogens with one attached hydrogen (secondary N) is 1. The van der Waals surface area contributed by atoms with Gasteiger partial charge >= 0.3 is 0 Å². The molecule has 0 spiro atoms. The number of hydrogen-bond acceptors (Lipinski definition) is 3. The van der Waals surface area contributed by atoms with Crippen LogP contribution in [0.25, 0.3) is 10.9 Å². The number of rotatable bonds is 2. The summed E-state index contributed by atoms with van der Waals surface area (Å²) in [4.78, 5) is 14.3. The van der Waals surface area contributed by atoms with Crippen molar-refractivity contribution in [3.63, 3.8) is 0 Å². The SMILES string of the molecule is CC1C(C)(C)C(Oc2ccc(C#N)c3[nH]c(=O)ccc23)C1(C)C. The molecule has 0 aliphatic heterocycles. The smallest absolute Gasteiger partial charge is 0.248 e. The molecule has 1 aromatic carbocycles. The minimum Gasteiger partial charge on any atom is -0.489 e. The van der Waals surface area contributed by atoms with Crippen molar-refractivity contribution >= 4 is 10.9 Å². The molecule has 4 heteroatoms. The molecule has 0 radical (unpaired) electrons. The molecule has 4 nitrogen and oxygen atoms in total. The van der Waals surface area contributed by atoms with Crippen LogP contribution in [0.3, 0.4) is 0 Å². The first kappa shape index (κ1) is 15.6. The molecular weight excluding hydrogens is 288 g/mol. The Balaban J connectivity index is 2.09. The third-order valence-corrected chi connectivity index (χ3v) is 5.80. The van der Waals surface area contributed by atoms with E-state index in [-0.39, 0.29) is 22.5 Å². The standard InChI is InChI=1S/C19H22N2O2/c1-11-18(2,3)17(19(11,4)5)23-14-8-6-12(10-20)16-13(14)7-9-15(22)21-16/h6-9,11,17H,1-5H3,(H,21,22). The maximum atomic E-state index is 11.6. The summed E-state index contributed by atoms with van der Waals surface area (Å²) in [5.74, 6) is 1.26. The molecule has 1 fully saturated rings. The van der Waals surface area contributed by atoms with Crippen LogP contribution in [0, 0.1) is 28.1 Å². The molecule has 0 unspecified atom stereocenters. The summed E-state index contributed by atoms with van der Waals surface area (Å²) < 4.78 is 6.37. The van der Waals surface area contributed by atoms with Gasteiger partial charge in [-0.15, -0.1) is 0 Å². The van der Waals surface area contributed by atoms with Crippen molar-refractivity contribution < 1.29 is 4.74 Å². The van der Waals surface area contributed by atoms with Crippen molar-refractivity contribution in [2.24, 2.45) is 16.7 Å². The van der Waals surface area contributed by atoms with Crippen molar-refractivity contribution in [2.75, 3.05) is 0 Å². The van der Waals surface area contributed by atoms with Crippen molar-refractivity contribution in [3.8, 4) is 11.8 Å². The largest absolute Gasteiger partial charge is 0.489 e. The molecule has 1 aromatic heterocycles. The van der Waals surface area contributed by atoms with Gasteiger partial charge in [-0.05, 0) is 24.1 Å². The summed E-state index contributed by atoms with van der Waals surface area (Å²) in [6, 6.07) is 8.85. The van der Waals surface area contributed by atoms with Gasteiger partial charge in [0.15, 0.2) is 0 Å². The summed E-state index contributed by atoms with van der Waals surface area (Å²) in [5.41, 5.74) is 0.924. The molecule has 0 atom stereocenters. The minimum absolute atomic E-state index is 0.0753. The second kappa shape index (κ2) is 4.86. The van der Waals surface area contributed by atoms with Crippen molar-refractivity contribution in [2.45, 2.75) is 40.7 Å². The van der Waals surface area contributed by atoms with E-state index < -0.39 is 0 Å². The number of pyridine rings is 1. The number of aromatic nitrogens is 1. The van der Waals surface area contributed by atoms with E-state index in [1.807, 2.05) is 6.07 Å². The highest BCUT2D eigenvalue weighted by atomic mass is 16.5. The number of nitrogens with zero attached hydrogens (tertiary/aromatic N) is 1. The Morgan fingerprint density at radius 3 is 2.39 bits per heavy atom. The molecule has 1 aliphatic rings. The van der Waals surface area contributed by atoms with Gasteiger partial charge in [-0.25, -0.2) is 0 Å². The number of fused-ring (bicyclic) bond motifs is 1. The van der Waals surface area contributed by atoms with Crippen LogP contribution in [0.4, 0.5) is 0 Å². The molecular formula is C19H22N2O2. The Hall–Kier alpha value is -2.28. The summed E-state index contributed by atoms with van der Waals surface area (Å²) in [5, 5.41) is 10.0. The number of benzene rings is 1. The highest BCUT2D eigenvalue weighted by Crippen LogP contribution is 2.60. The fourth-order valence-electron chi connectivity index (χ4n) is 4.13. The zero-order valence-electron chi connectivity index (χ0n) is 14.2. The summed E-state index contributed by atoms with van der Waals surface area (Å²) >= 11 is 0. The summed E-state index contributed by atoms with van der Waals surface area (Å²) in [7, 11) is 0. The normalized spacial score (nSPS) is 24.7. The van der Waals surface area contributed by atoms with Crippen molar-refractivity contribution in [1.82, 2.24) is 4.98 Å². The van der Waals surface area contributed by atoms with E-state index in [2.05, 4.69) is 45.7 Å². The maximum Gasteiger partial charge on any atom is 0.248 e. The first-order valence-corrected chi connectivity index (χ1v) is 7.92. The fourth-order valence-corrected chi connectivity index (χ4v) is 4.13. The van der Waals surface area contributed by atoms with Crippen LogP contribution >= 0.6 is 0 Å². The van der Waals surface area contributed by atoms with Crippen LogP contribution in [0.5, 0.6) is 5.75 Å². The second-order valence-electron chi connectivity index (χ2n) is 7.70. The van der Waals surface area contributed by atoms with Gasteiger partial charge in [0.05, 0.1) is 11.1 Å². The Labute approximate surface area is 136 Å². The van der Waals surface area contributed by atoms with Crippen LogP contribution < -0.4 is 10.3 Å². The highest BCUT2D eigenvalue weighted by Gasteiger charge is 2.61. The average Bonchev–Trinajstić information content (AvgIpc) is 2.50. The third-order valence-electron chi connectivity index (χ3n) is 5.80. The van der Waals surface area contributed by atoms with Crippen molar-refractivity contribution in [1.29, 1.82) is 5.26 Å². The van der Waals surface area contributed by atoms with Crippen molar-refractivity contribution in [3.05, 3.63) is 40.2 Å². The number of H-pyrrole nitrogens is 1. The maximum absolute atomic E-state index is 11.6. The van der Waals surface area contributed by atoms with E-state index in [1.54, 1.807) is 12.1 Å². The minimum atomic E-state index is -0.218.